The van der Waals surface area contributed by atoms with Crippen LogP contribution in [0.5, 0.6) is 0 Å². The SMILES string of the molecule is C[C@@H](N)c1cccc2cccc(Cl)c12. The van der Waals surface area contributed by atoms with Crippen molar-refractivity contribution in [3.63, 3.8) is 0 Å². The normalized spacial score (nSPS) is 13.1. The highest BCUT2D eigenvalue weighted by Gasteiger charge is 2.07. The van der Waals surface area contributed by atoms with Crippen LogP contribution in [0, 0.1) is 0 Å². The van der Waals surface area contributed by atoms with Gasteiger partial charge in [-0.05, 0) is 23.9 Å². The van der Waals surface area contributed by atoms with Gasteiger partial charge in [0, 0.05) is 16.5 Å². The lowest BCUT2D eigenvalue weighted by Gasteiger charge is -2.10. The summed E-state index contributed by atoms with van der Waals surface area (Å²) in [4.78, 5) is 0. The van der Waals surface area contributed by atoms with Gasteiger partial charge < -0.3 is 5.73 Å². The van der Waals surface area contributed by atoms with Gasteiger partial charge >= 0.3 is 0 Å². The topological polar surface area (TPSA) is 26.0 Å². The number of nitrogens with two attached hydrogens (primary N) is 1. The molecule has 2 rings (SSSR count). The highest BCUT2D eigenvalue weighted by Crippen LogP contribution is 2.29. The Morgan fingerprint density at radius 1 is 1.14 bits per heavy atom. The molecule has 0 fully saturated rings. The van der Waals surface area contributed by atoms with Crippen LogP contribution in [0.4, 0.5) is 0 Å². The third kappa shape index (κ3) is 1.49. The van der Waals surface area contributed by atoms with E-state index >= 15 is 0 Å². The summed E-state index contributed by atoms with van der Waals surface area (Å²) in [6.07, 6.45) is 0. The zero-order chi connectivity index (χ0) is 10.1. The van der Waals surface area contributed by atoms with E-state index < -0.39 is 0 Å². The van der Waals surface area contributed by atoms with Crippen molar-refractivity contribution in [3.05, 3.63) is 47.0 Å². The van der Waals surface area contributed by atoms with Gasteiger partial charge in [0.1, 0.15) is 0 Å². The second-order valence-corrected chi connectivity index (χ2v) is 3.88. The molecule has 1 nitrogen and oxygen atoms in total. The van der Waals surface area contributed by atoms with E-state index in [0.717, 1.165) is 21.4 Å². The minimum atomic E-state index is 0.0126. The molecule has 2 heteroatoms. The molecule has 0 bridgehead atoms. The summed E-state index contributed by atoms with van der Waals surface area (Å²) in [6, 6.07) is 12.0. The van der Waals surface area contributed by atoms with Crippen LogP contribution in [0.15, 0.2) is 36.4 Å². The van der Waals surface area contributed by atoms with Gasteiger partial charge in [-0.1, -0.05) is 41.9 Å². The Morgan fingerprint density at radius 3 is 2.43 bits per heavy atom. The zero-order valence-electron chi connectivity index (χ0n) is 8.00. The van der Waals surface area contributed by atoms with Crippen LogP contribution in [-0.4, -0.2) is 0 Å². The van der Waals surface area contributed by atoms with Crippen LogP contribution in [0.1, 0.15) is 18.5 Å². The average molecular weight is 206 g/mol. The molecule has 2 N–H and O–H groups in total. The molecule has 0 aromatic heterocycles. The molecule has 0 aliphatic carbocycles. The van der Waals surface area contributed by atoms with Crippen molar-refractivity contribution in [3.8, 4) is 0 Å². The molecule has 0 heterocycles. The van der Waals surface area contributed by atoms with Crippen LogP contribution in [0.2, 0.25) is 5.02 Å². The number of rotatable bonds is 1. The van der Waals surface area contributed by atoms with Gasteiger partial charge in [-0.15, -0.1) is 0 Å². The molecule has 2 aromatic rings. The predicted molar refractivity (Wildman–Crippen MR) is 61.6 cm³/mol. The lowest BCUT2D eigenvalue weighted by Crippen LogP contribution is -2.05. The number of fused-ring (bicyclic) bond motifs is 1. The predicted octanol–water partition coefficient (Wildman–Crippen LogP) is 3.51. The van der Waals surface area contributed by atoms with Crippen molar-refractivity contribution < 1.29 is 0 Å². The Kier molecular flexibility index (Phi) is 2.44. The fraction of sp³-hybridized carbons (Fsp3) is 0.167. The Bertz CT molecular complexity index is 458. The fourth-order valence-corrected chi connectivity index (χ4v) is 1.99. The summed E-state index contributed by atoms with van der Waals surface area (Å²) in [6.45, 7) is 1.97. The van der Waals surface area contributed by atoms with Gasteiger partial charge in [-0.3, -0.25) is 0 Å². The highest BCUT2D eigenvalue weighted by atomic mass is 35.5. The summed E-state index contributed by atoms with van der Waals surface area (Å²) >= 11 is 6.15. The molecule has 0 aliphatic rings. The molecule has 0 unspecified atom stereocenters. The first kappa shape index (κ1) is 9.50. The average Bonchev–Trinajstić information content (AvgIpc) is 2.17. The standard InChI is InChI=1S/C12H12ClN/c1-8(14)10-6-2-4-9-5-3-7-11(13)12(9)10/h2-8H,14H2,1H3/t8-/m1/s1. The first-order chi connectivity index (χ1) is 6.70. The van der Waals surface area contributed by atoms with Crippen molar-refractivity contribution in [1.82, 2.24) is 0 Å². The molecule has 0 saturated heterocycles. The third-order valence-electron chi connectivity index (χ3n) is 2.38. The number of hydrogen-bond acceptors (Lipinski definition) is 1. The number of hydrogen-bond donors (Lipinski definition) is 1. The zero-order valence-corrected chi connectivity index (χ0v) is 8.75. The second kappa shape index (κ2) is 3.60. The van der Waals surface area contributed by atoms with E-state index in [1.165, 1.54) is 0 Å². The van der Waals surface area contributed by atoms with Crippen LogP contribution >= 0.6 is 11.6 Å². The quantitative estimate of drug-likeness (QED) is 0.758. The molecular weight excluding hydrogens is 194 g/mol. The summed E-state index contributed by atoms with van der Waals surface area (Å²) in [5, 5.41) is 2.99. The van der Waals surface area contributed by atoms with E-state index in [1.807, 2.05) is 43.3 Å². The van der Waals surface area contributed by atoms with Crippen LogP contribution in [-0.2, 0) is 0 Å². The molecular formula is C12H12ClN. The molecule has 0 aliphatic heterocycles. The molecule has 0 amide bonds. The largest absolute Gasteiger partial charge is 0.324 e. The molecule has 72 valence electrons. The minimum Gasteiger partial charge on any atom is -0.324 e. The van der Waals surface area contributed by atoms with Crippen molar-refractivity contribution >= 4 is 22.4 Å². The van der Waals surface area contributed by atoms with Gasteiger partial charge in [0.25, 0.3) is 0 Å². The maximum absolute atomic E-state index is 6.15. The molecule has 1 atom stereocenters. The maximum atomic E-state index is 6.15. The molecule has 2 aromatic carbocycles. The van der Waals surface area contributed by atoms with E-state index in [0.29, 0.717) is 0 Å². The van der Waals surface area contributed by atoms with Gasteiger partial charge in [0.2, 0.25) is 0 Å². The highest BCUT2D eigenvalue weighted by molar-refractivity contribution is 6.35. The Morgan fingerprint density at radius 2 is 1.79 bits per heavy atom. The van der Waals surface area contributed by atoms with Crippen LogP contribution in [0.25, 0.3) is 10.8 Å². The molecule has 14 heavy (non-hydrogen) atoms. The Hall–Kier alpha value is -1.05. The van der Waals surface area contributed by atoms with Crippen molar-refractivity contribution in [1.29, 1.82) is 0 Å². The summed E-state index contributed by atoms with van der Waals surface area (Å²) in [5.74, 6) is 0. The fourth-order valence-electron chi connectivity index (χ4n) is 1.70. The Labute approximate surface area is 88.5 Å². The van der Waals surface area contributed by atoms with Gasteiger partial charge in [0.05, 0.1) is 0 Å². The van der Waals surface area contributed by atoms with Crippen molar-refractivity contribution in [2.45, 2.75) is 13.0 Å². The van der Waals surface area contributed by atoms with Gasteiger partial charge in [-0.2, -0.15) is 0 Å². The summed E-state index contributed by atoms with van der Waals surface area (Å²) < 4.78 is 0. The number of benzene rings is 2. The lowest BCUT2D eigenvalue weighted by atomic mass is 10.0. The van der Waals surface area contributed by atoms with Gasteiger partial charge in [-0.25, -0.2) is 0 Å². The first-order valence-electron chi connectivity index (χ1n) is 4.63. The molecule has 0 saturated carbocycles. The first-order valence-corrected chi connectivity index (χ1v) is 5.00. The summed E-state index contributed by atoms with van der Waals surface area (Å²) in [7, 11) is 0. The smallest absolute Gasteiger partial charge is 0.0487 e. The lowest BCUT2D eigenvalue weighted by molar-refractivity contribution is 0.827. The van der Waals surface area contributed by atoms with E-state index in [-0.39, 0.29) is 6.04 Å². The monoisotopic (exact) mass is 205 g/mol. The Balaban J connectivity index is 2.84. The van der Waals surface area contributed by atoms with Gasteiger partial charge in [0.15, 0.2) is 0 Å². The van der Waals surface area contributed by atoms with E-state index in [2.05, 4.69) is 0 Å². The molecule has 0 spiro atoms. The van der Waals surface area contributed by atoms with Crippen LogP contribution in [0.3, 0.4) is 0 Å². The van der Waals surface area contributed by atoms with E-state index in [9.17, 15) is 0 Å². The van der Waals surface area contributed by atoms with Crippen molar-refractivity contribution in [2.24, 2.45) is 5.73 Å². The van der Waals surface area contributed by atoms with Crippen LogP contribution < -0.4 is 5.73 Å². The van der Waals surface area contributed by atoms with E-state index in [1.54, 1.807) is 0 Å². The third-order valence-corrected chi connectivity index (χ3v) is 2.69. The number of halogens is 1. The van der Waals surface area contributed by atoms with E-state index in [4.69, 9.17) is 17.3 Å². The molecule has 0 radical (unpaired) electrons. The minimum absolute atomic E-state index is 0.0126. The maximum Gasteiger partial charge on any atom is 0.0487 e. The summed E-state index contributed by atoms with van der Waals surface area (Å²) in [5.41, 5.74) is 6.99. The van der Waals surface area contributed by atoms with Crippen molar-refractivity contribution in [2.75, 3.05) is 0 Å². The second-order valence-electron chi connectivity index (χ2n) is 3.47.